The number of esters is 2. The summed E-state index contributed by atoms with van der Waals surface area (Å²) in [7, 11) is 0. The number of hydrogen-bond donors (Lipinski definition) is 1. The van der Waals surface area contributed by atoms with Crippen molar-refractivity contribution in [2.75, 3.05) is 13.1 Å². The molecule has 0 bridgehead atoms. The first-order valence-electron chi connectivity index (χ1n) is 6.99. The highest BCUT2D eigenvalue weighted by Gasteiger charge is 2.13. The minimum absolute atomic E-state index is 0.0375. The highest BCUT2D eigenvalue weighted by molar-refractivity contribution is 5.88. The van der Waals surface area contributed by atoms with Gasteiger partial charge in [-0.2, -0.15) is 0 Å². The average Bonchev–Trinajstić information content (AvgIpc) is 2.44. The van der Waals surface area contributed by atoms with Gasteiger partial charge >= 0.3 is 11.9 Å². The molecule has 1 rings (SSSR count). The van der Waals surface area contributed by atoms with Gasteiger partial charge in [-0.15, -0.1) is 0 Å². The molecule has 5 heteroatoms. The van der Waals surface area contributed by atoms with Crippen molar-refractivity contribution in [3.05, 3.63) is 35.9 Å². The lowest BCUT2D eigenvalue weighted by atomic mass is 10.2. The summed E-state index contributed by atoms with van der Waals surface area (Å²) in [6, 6.07) is 9.43. The molecule has 0 aromatic heterocycles. The van der Waals surface area contributed by atoms with Gasteiger partial charge in [0.2, 0.25) is 0 Å². The minimum Gasteiger partial charge on any atom is -0.460 e. The zero-order chi connectivity index (χ0) is 16.4. The normalized spacial score (nSPS) is 10.3. The van der Waals surface area contributed by atoms with Crippen LogP contribution >= 0.6 is 0 Å². The summed E-state index contributed by atoms with van der Waals surface area (Å²) in [6.45, 7) is 5.80. The Morgan fingerprint density at radius 1 is 1.18 bits per heavy atom. The highest BCUT2D eigenvalue weighted by Crippen LogP contribution is 2.05. The second-order valence-electron chi connectivity index (χ2n) is 5.55. The summed E-state index contributed by atoms with van der Waals surface area (Å²) in [6.07, 6.45) is 0. The van der Waals surface area contributed by atoms with E-state index < -0.39 is 11.6 Å². The van der Waals surface area contributed by atoms with Gasteiger partial charge < -0.3 is 9.47 Å². The summed E-state index contributed by atoms with van der Waals surface area (Å²) in [5, 5.41) is 2.78. The van der Waals surface area contributed by atoms with Crippen molar-refractivity contribution >= 4 is 11.9 Å². The van der Waals surface area contributed by atoms with Gasteiger partial charge in [-0.3, -0.25) is 10.1 Å². The largest absolute Gasteiger partial charge is 0.460 e. The standard InChI is InChI=1S/C17H21NO4/c1-17(2,3)22-15(19)10-7-11-18-12-16(20)21-13-14-8-5-4-6-9-14/h4-6,8-9,18H,11-13H2,1-3H3. The maximum absolute atomic E-state index is 11.5. The maximum atomic E-state index is 11.5. The van der Waals surface area contributed by atoms with Crippen LogP contribution in [0.4, 0.5) is 0 Å². The van der Waals surface area contributed by atoms with Crippen molar-refractivity contribution < 1.29 is 19.1 Å². The molecule has 118 valence electrons. The molecule has 1 aromatic rings. The Kier molecular flexibility index (Phi) is 7.14. The summed E-state index contributed by atoms with van der Waals surface area (Å²) >= 11 is 0. The zero-order valence-electron chi connectivity index (χ0n) is 13.1. The summed E-state index contributed by atoms with van der Waals surface area (Å²) < 4.78 is 10.1. The quantitative estimate of drug-likeness (QED) is 0.388. The fraction of sp³-hybridized carbons (Fsp3) is 0.412. The molecule has 0 atom stereocenters. The number of carbonyl (C=O) groups is 2. The average molecular weight is 303 g/mol. The molecule has 0 amide bonds. The van der Waals surface area contributed by atoms with Crippen LogP contribution in [-0.2, 0) is 25.7 Å². The first-order chi connectivity index (χ1) is 10.4. The van der Waals surface area contributed by atoms with Crippen molar-refractivity contribution in [1.82, 2.24) is 5.32 Å². The molecule has 0 saturated carbocycles. The molecule has 1 aromatic carbocycles. The smallest absolute Gasteiger partial charge is 0.384 e. The molecule has 5 nitrogen and oxygen atoms in total. The van der Waals surface area contributed by atoms with Crippen molar-refractivity contribution in [3.8, 4) is 11.8 Å². The fourth-order valence-electron chi connectivity index (χ4n) is 1.44. The van der Waals surface area contributed by atoms with E-state index in [4.69, 9.17) is 9.47 Å². The number of hydrogen-bond acceptors (Lipinski definition) is 5. The maximum Gasteiger partial charge on any atom is 0.384 e. The Morgan fingerprint density at radius 3 is 2.50 bits per heavy atom. The summed E-state index contributed by atoms with van der Waals surface area (Å²) in [5.41, 5.74) is 0.376. The van der Waals surface area contributed by atoms with Crippen LogP contribution in [0.5, 0.6) is 0 Å². The van der Waals surface area contributed by atoms with E-state index in [0.717, 1.165) is 5.56 Å². The molecule has 0 aliphatic heterocycles. The van der Waals surface area contributed by atoms with Gasteiger partial charge in [-0.1, -0.05) is 36.3 Å². The van der Waals surface area contributed by atoms with Gasteiger partial charge in [0.25, 0.3) is 0 Å². The lowest BCUT2D eigenvalue weighted by Crippen LogP contribution is -2.25. The number of rotatable bonds is 5. The van der Waals surface area contributed by atoms with Gasteiger partial charge in [0.1, 0.15) is 12.2 Å². The van der Waals surface area contributed by atoms with Crippen LogP contribution in [0, 0.1) is 11.8 Å². The van der Waals surface area contributed by atoms with E-state index in [1.165, 1.54) is 0 Å². The van der Waals surface area contributed by atoms with Gasteiger partial charge in [0, 0.05) is 5.92 Å². The van der Waals surface area contributed by atoms with E-state index in [1.54, 1.807) is 20.8 Å². The second-order valence-corrected chi connectivity index (χ2v) is 5.55. The van der Waals surface area contributed by atoms with E-state index in [1.807, 2.05) is 30.3 Å². The summed E-state index contributed by atoms with van der Waals surface area (Å²) in [5.74, 6) is 3.98. The van der Waals surface area contributed by atoms with E-state index in [-0.39, 0.29) is 25.7 Å². The van der Waals surface area contributed by atoms with E-state index >= 15 is 0 Å². The lowest BCUT2D eigenvalue weighted by molar-refractivity contribution is -0.147. The molecule has 0 fully saturated rings. The Labute approximate surface area is 131 Å². The van der Waals surface area contributed by atoms with Crippen LogP contribution in [0.1, 0.15) is 26.3 Å². The molecule has 1 N–H and O–H groups in total. The second kappa shape index (κ2) is 8.85. The lowest BCUT2D eigenvalue weighted by Gasteiger charge is -2.16. The molecular weight excluding hydrogens is 282 g/mol. The van der Waals surface area contributed by atoms with Crippen LogP contribution in [0.3, 0.4) is 0 Å². The van der Waals surface area contributed by atoms with Crippen molar-refractivity contribution in [1.29, 1.82) is 0 Å². The number of carbonyl (C=O) groups excluding carboxylic acids is 2. The Morgan fingerprint density at radius 2 is 1.86 bits per heavy atom. The predicted octanol–water partition coefficient (Wildman–Crippen LogP) is 1.66. The third-order valence-electron chi connectivity index (χ3n) is 2.31. The van der Waals surface area contributed by atoms with Crippen LogP contribution in [0.2, 0.25) is 0 Å². The van der Waals surface area contributed by atoms with E-state index in [0.29, 0.717) is 0 Å². The minimum atomic E-state index is -0.582. The Balaban J connectivity index is 2.17. The van der Waals surface area contributed by atoms with Crippen molar-refractivity contribution in [2.24, 2.45) is 0 Å². The van der Waals surface area contributed by atoms with Gasteiger partial charge in [0.15, 0.2) is 0 Å². The fourth-order valence-corrected chi connectivity index (χ4v) is 1.44. The van der Waals surface area contributed by atoms with Gasteiger partial charge in [-0.05, 0) is 26.3 Å². The predicted molar refractivity (Wildman–Crippen MR) is 82.7 cm³/mol. The van der Waals surface area contributed by atoms with Gasteiger partial charge in [0.05, 0.1) is 13.1 Å². The third kappa shape index (κ3) is 8.77. The monoisotopic (exact) mass is 303 g/mol. The van der Waals surface area contributed by atoms with E-state index in [9.17, 15) is 9.59 Å². The molecule has 0 aliphatic rings. The SMILES string of the molecule is CC(C)(C)OC(=O)C#CCNCC(=O)OCc1ccccc1. The van der Waals surface area contributed by atoms with Crippen LogP contribution < -0.4 is 5.32 Å². The first kappa shape index (κ1) is 17.7. The molecule has 0 radical (unpaired) electrons. The molecule has 0 aliphatic carbocycles. The van der Waals surface area contributed by atoms with Crippen LogP contribution in [0.25, 0.3) is 0 Å². The molecule has 0 heterocycles. The zero-order valence-corrected chi connectivity index (χ0v) is 13.1. The Hall–Kier alpha value is -2.32. The van der Waals surface area contributed by atoms with Crippen LogP contribution in [-0.4, -0.2) is 30.6 Å². The van der Waals surface area contributed by atoms with Crippen molar-refractivity contribution in [2.45, 2.75) is 33.0 Å². The van der Waals surface area contributed by atoms with Crippen molar-refractivity contribution in [3.63, 3.8) is 0 Å². The van der Waals surface area contributed by atoms with E-state index in [2.05, 4.69) is 17.2 Å². The topological polar surface area (TPSA) is 64.6 Å². The number of nitrogens with one attached hydrogen (secondary N) is 1. The third-order valence-corrected chi connectivity index (χ3v) is 2.31. The highest BCUT2D eigenvalue weighted by atomic mass is 16.6. The molecule has 0 saturated heterocycles. The molecular formula is C17H21NO4. The van der Waals surface area contributed by atoms with Crippen LogP contribution in [0.15, 0.2) is 30.3 Å². The number of ether oxygens (including phenoxy) is 2. The molecule has 22 heavy (non-hydrogen) atoms. The summed E-state index contributed by atoms with van der Waals surface area (Å²) in [4.78, 5) is 22.8. The molecule has 0 unspecified atom stereocenters. The molecule has 0 spiro atoms. The Bertz CT molecular complexity index is 550. The van der Waals surface area contributed by atoms with Gasteiger partial charge in [-0.25, -0.2) is 4.79 Å². The first-order valence-corrected chi connectivity index (χ1v) is 6.99. The number of benzene rings is 1.